The molecule has 4 fully saturated rings. The minimum Gasteiger partial charge on any atom is -0.489 e. The molecule has 0 aliphatic heterocycles. The fraction of sp³-hybridized carbons (Fsp3) is 0.600. The van der Waals surface area contributed by atoms with Gasteiger partial charge in [0.15, 0.2) is 0 Å². The summed E-state index contributed by atoms with van der Waals surface area (Å²) in [5.41, 5.74) is 0.917. The second-order valence-electron chi connectivity index (χ2n) is 10.3. The van der Waals surface area contributed by atoms with E-state index in [1.807, 2.05) is 37.3 Å². The number of hydrogen-bond acceptors (Lipinski definition) is 4. The highest BCUT2D eigenvalue weighted by Crippen LogP contribution is 2.67. The van der Waals surface area contributed by atoms with Gasteiger partial charge in [-0.3, -0.25) is 4.79 Å². The number of carbonyl (C=O) groups is 1. The van der Waals surface area contributed by atoms with Crippen molar-refractivity contribution in [1.29, 1.82) is 0 Å². The number of amides is 1. The second-order valence-corrected chi connectivity index (χ2v) is 10.3. The van der Waals surface area contributed by atoms with E-state index in [2.05, 4.69) is 17.2 Å². The first-order valence-corrected chi connectivity index (χ1v) is 11.3. The predicted molar refractivity (Wildman–Crippen MR) is 116 cm³/mol. The highest BCUT2D eigenvalue weighted by molar-refractivity contribution is 5.85. The van der Waals surface area contributed by atoms with Gasteiger partial charge in [-0.1, -0.05) is 31.5 Å². The number of nitrogens with one attached hydrogen (secondary N) is 1. The summed E-state index contributed by atoms with van der Waals surface area (Å²) < 4.78 is 5.98. The van der Waals surface area contributed by atoms with Crippen LogP contribution in [0, 0.1) is 23.7 Å². The van der Waals surface area contributed by atoms with Crippen LogP contribution in [0.5, 0.6) is 5.75 Å². The molecular formula is C25H32N2O3. The van der Waals surface area contributed by atoms with Crippen molar-refractivity contribution in [3.8, 4) is 5.75 Å². The van der Waals surface area contributed by atoms with Crippen molar-refractivity contribution in [2.75, 3.05) is 13.2 Å². The number of ether oxygens (including phenoxy) is 1. The summed E-state index contributed by atoms with van der Waals surface area (Å²) in [4.78, 5) is 17.9. The maximum Gasteiger partial charge on any atom is 0.226 e. The van der Waals surface area contributed by atoms with Gasteiger partial charge in [0.25, 0.3) is 0 Å². The third kappa shape index (κ3) is 3.27. The maximum absolute atomic E-state index is 13.3. The van der Waals surface area contributed by atoms with E-state index in [1.54, 1.807) is 0 Å². The van der Waals surface area contributed by atoms with Crippen LogP contribution in [0.2, 0.25) is 0 Å². The molecular weight excluding hydrogens is 376 g/mol. The summed E-state index contributed by atoms with van der Waals surface area (Å²) in [5, 5.41) is 15.3. The molecule has 1 aromatic carbocycles. The molecule has 0 spiro atoms. The van der Waals surface area contributed by atoms with Gasteiger partial charge in [-0.25, -0.2) is 4.98 Å². The zero-order valence-corrected chi connectivity index (χ0v) is 18.0. The number of aromatic nitrogens is 1. The number of para-hydroxylation sites is 1. The zero-order valence-electron chi connectivity index (χ0n) is 18.0. The van der Waals surface area contributed by atoms with Gasteiger partial charge in [-0.2, -0.15) is 0 Å². The Kier molecular flexibility index (Phi) is 4.58. The van der Waals surface area contributed by atoms with E-state index in [9.17, 15) is 9.90 Å². The third-order valence-corrected chi connectivity index (χ3v) is 7.85. The summed E-state index contributed by atoms with van der Waals surface area (Å²) in [6.07, 6.45) is 6.45. The van der Waals surface area contributed by atoms with E-state index in [0.29, 0.717) is 25.5 Å². The van der Waals surface area contributed by atoms with E-state index in [0.717, 1.165) is 54.5 Å². The number of fused-ring (bicyclic) bond motifs is 1. The monoisotopic (exact) mass is 408 g/mol. The lowest BCUT2D eigenvalue weighted by atomic mass is 9.42. The Morgan fingerprint density at radius 3 is 2.87 bits per heavy atom. The second kappa shape index (κ2) is 6.94. The van der Waals surface area contributed by atoms with Gasteiger partial charge in [-0.05, 0) is 68.9 Å². The van der Waals surface area contributed by atoms with Gasteiger partial charge in [0, 0.05) is 11.1 Å². The van der Waals surface area contributed by atoms with Gasteiger partial charge >= 0.3 is 0 Å². The molecule has 4 aliphatic rings. The standard InChI is InChI=1S/C25H32N2O3/c1-3-23-11-18-12-24(14-23,16-25(29,13-18)15-23)22(28)26-9-10-30-20-6-4-5-19-8-7-17(2)27-21(19)20/h4-8,18,29H,3,9-16H2,1-2H3,(H,26,28). The van der Waals surface area contributed by atoms with Crippen LogP contribution in [-0.4, -0.2) is 34.8 Å². The fourth-order valence-electron chi connectivity index (χ4n) is 7.08. The van der Waals surface area contributed by atoms with Crippen LogP contribution in [0.25, 0.3) is 10.9 Å². The predicted octanol–water partition coefficient (Wildman–Crippen LogP) is 4.15. The van der Waals surface area contributed by atoms with E-state index in [4.69, 9.17) is 4.74 Å². The van der Waals surface area contributed by atoms with Crippen LogP contribution in [0.3, 0.4) is 0 Å². The summed E-state index contributed by atoms with van der Waals surface area (Å²) in [7, 11) is 0. The maximum atomic E-state index is 13.3. The molecule has 1 aromatic heterocycles. The van der Waals surface area contributed by atoms with Crippen molar-refractivity contribution in [3.63, 3.8) is 0 Å². The molecule has 2 aromatic rings. The van der Waals surface area contributed by atoms with Gasteiger partial charge in [0.2, 0.25) is 5.91 Å². The normalized spacial score (nSPS) is 34.3. The Hall–Kier alpha value is -2.14. The summed E-state index contributed by atoms with van der Waals surface area (Å²) in [6.45, 7) is 5.06. The molecule has 5 heteroatoms. The van der Waals surface area contributed by atoms with Gasteiger partial charge in [-0.15, -0.1) is 0 Å². The molecule has 4 aliphatic carbocycles. The van der Waals surface area contributed by atoms with E-state index in [1.165, 1.54) is 6.42 Å². The quantitative estimate of drug-likeness (QED) is 0.705. The summed E-state index contributed by atoms with van der Waals surface area (Å²) in [6, 6.07) is 9.96. The van der Waals surface area contributed by atoms with Crippen LogP contribution >= 0.6 is 0 Å². The van der Waals surface area contributed by atoms with Crippen molar-refractivity contribution in [2.45, 2.75) is 64.4 Å². The molecule has 6 rings (SSSR count). The van der Waals surface area contributed by atoms with Gasteiger partial charge in [0.05, 0.1) is 17.6 Å². The highest BCUT2D eigenvalue weighted by Gasteiger charge is 2.64. The lowest BCUT2D eigenvalue weighted by Gasteiger charge is -2.64. The smallest absolute Gasteiger partial charge is 0.226 e. The van der Waals surface area contributed by atoms with Crippen molar-refractivity contribution < 1.29 is 14.6 Å². The molecule has 4 unspecified atom stereocenters. The summed E-state index contributed by atoms with van der Waals surface area (Å²) >= 11 is 0. The van der Waals surface area contributed by atoms with E-state index < -0.39 is 11.0 Å². The van der Waals surface area contributed by atoms with Crippen molar-refractivity contribution >= 4 is 16.8 Å². The Morgan fingerprint density at radius 2 is 2.07 bits per heavy atom. The van der Waals surface area contributed by atoms with Crippen LogP contribution in [0.15, 0.2) is 30.3 Å². The van der Waals surface area contributed by atoms with Crippen molar-refractivity contribution in [1.82, 2.24) is 10.3 Å². The molecule has 1 heterocycles. The van der Waals surface area contributed by atoms with Crippen LogP contribution in [0.1, 0.15) is 57.6 Å². The Balaban J connectivity index is 1.24. The molecule has 30 heavy (non-hydrogen) atoms. The van der Waals surface area contributed by atoms with Crippen LogP contribution in [0.4, 0.5) is 0 Å². The van der Waals surface area contributed by atoms with Gasteiger partial charge < -0.3 is 15.2 Å². The van der Waals surface area contributed by atoms with Crippen molar-refractivity contribution in [2.24, 2.45) is 16.7 Å². The third-order valence-electron chi connectivity index (χ3n) is 7.85. The molecule has 5 nitrogen and oxygen atoms in total. The summed E-state index contributed by atoms with van der Waals surface area (Å²) in [5.74, 6) is 1.34. The minimum absolute atomic E-state index is 0.110. The Labute approximate surface area is 178 Å². The number of carbonyl (C=O) groups excluding carboxylic acids is 1. The molecule has 2 N–H and O–H groups in total. The number of rotatable bonds is 6. The number of aryl methyl sites for hydroxylation is 1. The average molecular weight is 409 g/mol. The molecule has 4 atom stereocenters. The van der Waals surface area contributed by atoms with E-state index >= 15 is 0 Å². The lowest BCUT2D eigenvalue weighted by molar-refractivity contribution is -0.204. The SMILES string of the molecule is CCC12CC3CC(O)(C1)CC(C(=O)NCCOc1cccc4ccc(C)nc14)(C3)C2. The molecule has 4 bridgehead atoms. The zero-order chi connectivity index (χ0) is 21.0. The van der Waals surface area contributed by atoms with Crippen molar-refractivity contribution in [3.05, 3.63) is 36.0 Å². The molecule has 4 saturated carbocycles. The first kappa shape index (κ1) is 19.8. The number of nitrogens with zero attached hydrogens (tertiary/aromatic N) is 1. The van der Waals surface area contributed by atoms with Crippen LogP contribution < -0.4 is 10.1 Å². The number of pyridine rings is 1. The number of aliphatic hydroxyl groups is 1. The van der Waals surface area contributed by atoms with Crippen LogP contribution in [-0.2, 0) is 4.79 Å². The average Bonchev–Trinajstić information content (AvgIpc) is 2.69. The Morgan fingerprint density at radius 1 is 1.20 bits per heavy atom. The largest absolute Gasteiger partial charge is 0.489 e. The molecule has 0 radical (unpaired) electrons. The number of hydrogen-bond donors (Lipinski definition) is 2. The van der Waals surface area contributed by atoms with E-state index in [-0.39, 0.29) is 11.3 Å². The van der Waals surface area contributed by atoms with Gasteiger partial charge in [0.1, 0.15) is 17.9 Å². The number of benzene rings is 1. The molecule has 1 amide bonds. The Bertz CT molecular complexity index is 992. The highest BCUT2D eigenvalue weighted by atomic mass is 16.5. The topological polar surface area (TPSA) is 71.5 Å². The molecule has 160 valence electrons. The first-order chi connectivity index (χ1) is 14.3. The first-order valence-electron chi connectivity index (χ1n) is 11.3. The minimum atomic E-state index is -0.643. The fourth-order valence-corrected chi connectivity index (χ4v) is 7.08. The molecule has 0 saturated heterocycles. The lowest BCUT2D eigenvalue weighted by Crippen LogP contribution is -2.63.